The lowest BCUT2D eigenvalue weighted by molar-refractivity contribution is -0.136. The zero-order chi connectivity index (χ0) is 47.6. The fourth-order valence-corrected chi connectivity index (χ4v) is 9.32. The van der Waals surface area contributed by atoms with Gasteiger partial charge in [-0.1, -0.05) is 70.5 Å². The van der Waals surface area contributed by atoms with E-state index in [-0.39, 0.29) is 30.7 Å². The highest BCUT2D eigenvalue weighted by molar-refractivity contribution is 5.87. The van der Waals surface area contributed by atoms with E-state index in [4.69, 9.17) is 4.79 Å². The second kappa shape index (κ2) is 21.9. The molecule has 3 heterocycles. The number of nitrogens with zero attached hydrogens (tertiary/aromatic N) is 4. The van der Waals surface area contributed by atoms with Crippen LogP contribution in [0.3, 0.4) is 0 Å². The van der Waals surface area contributed by atoms with E-state index in [1.807, 2.05) is 30.3 Å². The minimum Gasteiger partial charge on any atom is -0.471 e. The van der Waals surface area contributed by atoms with Crippen molar-refractivity contribution in [1.82, 2.24) is 35.7 Å². The molecule has 0 radical (unpaired) electrons. The fourth-order valence-electron chi connectivity index (χ4n) is 9.32. The Kier molecular flexibility index (Phi) is 16.9. The number of ether oxygens (including phenoxy) is 2. The first-order valence-electron chi connectivity index (χ1n) is 22.0. The number of aromatic nitrogens is 2. The third kappa shape index (κ3) is 11.7. The third-order valence-corrected chi connectivity index (χ3v) is 12.1. The number of alkyl carbamates (subject to hydrolysis) is 1. The van der Waals surface area contributed by atoms with E-state index in [2.05, 4.69) is 67.0 Å². The molecule has 3 aromatic rings. The van der Waals surface area contributed by atoms with Gasteiger partial charge in [-0.25, -0.2) is 27.3 Å². The summed E-state index contributed by atoms with van der Waals surface area (Å²) >= 11 is 0. The lowest BCUT2D eigenvalue weighted by atomic mass is 9.82. The first-order valence-corrected chi connectivity index (χ1v) is 22.0. The van der Waals surface area contributed by atoms with Crippen LogP contribution in [-0.4, -0.2) is 122 Å². The van der Waals surface area contributed by atoms with E-state index in [1.165, 1.54) is 42.9 Å². The average Bonchev–Trinajstić information content (AvgIpc) is 4.13. The minimum atomic E-state index is -3.14. The molecular formula is C47H62F4N8O6. The fraction of sp³-hybridized carbons (Fsp3) is 0.532. The van der Waals surface area contributed by atoms with Gasteiger partial charge in [0.25, 0.3) is 18.3 Å². The Bertz CT molecular complexity index is 2180. The van der Waals surface area contributed by atoms with Gasteiger partial charge < -0.3 is 40.2 Å². The van der Waals surface area contributed by atoms with Crippen LogP contribution in [0.25, 0.3) is 28.1 Å². The van der Waals surface area contributed by atoms with Gasteiger partial charge in [-0.3, -0.25) is 19.4 Å². The monoisotopic (exact) mass is 910 g/mol. The molecule has 2 aliphatic carbocycles. The van der Waals surface area contributed by atoms with Gasteiger partial charge in [-0.05, 0) is 78.6 Å². The van der Waals surface area contributed by atoms with Crippen molar-refractivity contribution < 1.29 is 46.2 Å². The number of H-pyrrole nitrogens is 1. The Hall–Kier alpha value is -5.78. The number of benzene rings is 2. The molecule has 65 heavy (non-hydrogen) atoms. The number of alkyl halides is 4. The molecular weight excluding hydrogens is 849 g/mol. The molecule has 4 aliphatic rings. The third-order valence-electron chi connectivity index (χ3n) is 12.1. The second-order valence-electron chi connectivity index (χ2n) is 17.3. The van der Waals surface area contributed by atoms with Crippen molar-refractivity contribution in [3.05, 3.63) is 71.3 Å². The van der Waals surface area contributed by atoms with Crippen molar-refractivity contribution in [2.75, 3.05) is 47.4 Å². The summed E-state index contributed by atoms with van der Waals surface area (Å²) in [7, 11) is 4.09. The van der Waals surface area contributed by atoms with Crippen LogP contribution in [0.4, 0.5) is 22.4 Å². The van der Waals surface area contributed by atoms with Gasteiger partial charge in [0.15, 0.2) is 0 Å². The second-order valence-corrected chi connectivity index (χ2v) is 17.3. The maximum Gasteiger partial charge on any atom is 0.407 e. The number of carbonyl (C=O) groups is 4. The molecule has 7 rings (SSSR count). The molecule has 4 unspecified atom stereocenters. The number of nitrogens with one attached hydrogen (secondary N) is 4. The number of aromatic amines is 1. The van der Waals surface area contributed by atoms with Crippen molar-refractivity contribution >= 4 is 36.8 Å². The number of fused-ring (bicyclic) bond motifs is 5. The molecule has 354 valence electrons. The number of carbonyl (C=O) groups excluding carboxylic acids is 4. The van der Waals surface area contributed by atoms with E-state index in [9.17, 15) is 31.9 Å². The van der Waals surface area contributed by atoms with E-state index >= 15 is 0 Å². The number of halogens is 4. The van der Waals surface area contributed by atoms with Gasteiger partial charge in [0.1, 0.15) is 11.9 Å². The lowest BCUT2D eigenvalue weighted by Crippen LogP contribution is -2.51. The maximum absolute atomic E-state index is 15.0. The van der Waals surface area contributed by atoms with Gasteiger partial charge >= 0.3 is 6.09 Å². The van der Waals surface area contributed by atoms with Crippen LogP contribution in [0.5, 0.6) is 0 Å². The zero-order valence-electron chi connectivity index (χ0n) is 38.2. The van der Waals surface area contributed by atoms with Crippen LogP contribution in [0.2, 0.25) is 0 Å². The highest BCUT2D eigenvalue weighted by Gasteiger charge is 2.51. The number of rotatable bonds is 14. The van der Waals surface area contributed by atoms with Gasteiger partial charge in [0, 0.05) is 31.1 Å². The molecule has 14 nitrogen and oxygen atoms in total. The molecule has 3 fully saturated rings. The van der Waals surface area contributed by atoms with Crippen molar-refractivity contribution in [3.63, 3.8) is 0 Å². The van der Waals surface area contributed by atoms with Crippen LogP contribution < -0.4 is 16.0 Å². The summed E-state index contributed by atoms with van der Waals surface area (Å²) in [6, 6.07) is 9.24. The summed E-state index contributed by atoms with van der Waals surface area (Å²) in [5.74, 6) is -6.57. The highest BCUT2D eigenvalue weighted by Crippen LogP contribution is 2.58. The van der Waals surface area contributed by atoms with Crippen molar-refractivity contribution in [2.24, 2.45) is 10.9 Å². The number of aliphatic imine (C=N–C) groups is 1. The maximum atomic E-state index is 15.0. The molecule has 2 saturated heterocycles. The number of amides is 3. The van der Waals surface area contributed by atoms with E-state index in [1.54, 1.807) is 27.1 Å². The minimum absolute atomic E-state index is 0.0269. The van der Waals surface area contributed by atoms with Gasteiger partial charge in [0.2, 0.25) is 11.8 Å². The Morgan fingerprint density at radius 2 is 1.57 bits per heavy atom. The Morgan fingerprint density at radius 1 is 0.969 bits per heavy atom. The number of hydrogen-bond donors (Lipinski definition) is 4. The van der Waals surface area contributed by atoms with Crippen LogP contribution in [0.1, 0.15) is 107 Å². The number of likely N-dealkylation sites (tertiary alicyclic amines) is 2. The van der Waals surface area contributed by atoms with E-state index in [0.29, 0.717) is 29.7 Å². The summed E-state index contributed by atoms with van der Waals surface area (Å²) < 4.78 is 67.3. The topological polar surface area (TPSA) is 170 Å². The molecule has 2 bridgehead atoms. The Labute approximate surface area is 378 Å². The molecule has 1 aromatic heterocycles. The molecule has 1 saturated carbocycles. The highest BCUT2D eigenvalue weighted by atomic mass is 19.3. The molecule has 2 aromatic carbocycles. The Balaban J connectivity index is 0.00000106. The summed E-state index contributed by atoms with van der Waals surface area (Å²) in [5.41, 5.74) is 7.55. The van der Waals surface area contributed by atoms with E-state index in [0.717, 1.165) is 46.4 Å². The first kappa shape index (κ1) is 50.2. The van der Waals surface area contributed by atoms with Gasteiger partial charge in [-0.15, -0.1) is 0 Å². The predicted octanol–water partition coefficient (Wildman–Crippen LogP) is 7.65. The quantitative estimate of drug-likeness (QED) is 0.0721. The lowest BCUT2D eigenvalue weighted by Gasteiger charge is -2.29. The van der Waals surface area contributed by atoms with Gasteiger partial charge in [0.05, 0.1) is 63.5 Å². The van der Waals surface area contributed by atoms with Crippen molar-refractivity contribution in [3.8, 4) is 22.4 Å². The predicted molar refractivity (Wildman–Crippen MR) is 241 cm³/mol. The van der Waals surface area contributed by atoms with Crippen LogP contribution in [0.15, 0.2) is 53.8 Å². The average molecular weight is 911 g/mol. The standard InChI is InChI=1S/C42H50F4N8O4.C3H8.C2H4O2/c1-23(2)37(52-40(57)58-5)39(56)54-22-42(45,46)16-33(54)38-50-19-32(51-38)30-13-12-29(35-26-10-11-27(14-26)36(30)35)24-6-8-25(9-7-24)31(18-47-3)49-17-28-15-41(43,44)21-53(28)34(55)20-48-4;1-3-2;1-4-2-3/h6-9,12-13,18-19,23,26-28,33,37,48-49H,3,10-11,14-17,20-22H2,1-2,4-5H3,(H,50,51)(H,52,57);3H2,1-2H3;2H,1H3/b31-18-;;/t26?,27?,28?,33-,37?;;/m0../s1. The number of methoxy groups -OCH3 is 2. The smallest absolute Gasteiger partial charge is 0.407 e. The van der Waals surface area contributed by atoms with Crippen LogP contribution >= 0.6 is 0 Å². The normalized spacial score (nSPS) is 21.6. The summed E-state index contributed by atoms with van der Waals surface area (Å²) in [6.07, 6.45) is 5.68. The zero-order valence-corrected chi connectivity index (χ0v) is 38.2. The molecule has 0 spiro atoms. The summed E-state index contributed by atoms with van der Waals surface area (Å²) in [5, 5.41) is 8.48. The molecule has 2 aliphatic heterocycles. The number of imidazole rings is 1. The molecule has 5 atom stereocenters. The van der Waals surface area contributed by atoms with E-state index < -0.39 is 67.9 Å². The van der Waals surface area contributed by atoms with Crippen LogP contribution in [0, 0.1) is 5.92 Å². The van der Waals surface area contributed by atoms with Crippen LogP contribution in [-0.2, 0) is 23.9 Å². The summed E-state index contributed by atoms with van der Waals surface area (Å²) in [4.78, 5) is 61.4. The van der Waals surface area contributed by atoms with Crippen molar-refractivity contribution in [2.45, 2.75) is 108 Å². The Morgan fingerprint density at radius 3 is 2.15 bits per heavy atom. The number of hydrogen-bond acceptors (Lipinski definition) is 10. The number of likely N-dealkylation sites (N-methyl/N-ethyl adjacent to an activating group) is 1. The molecule has 4 N–H and O–H groups in total. The largest absolute Gasteiger partial charge is 0.471 e. The summed E-state index contributed by atoms with van der Waals surface area (Å²) in [6.45, 7) is 10.3. The van der Waals surface area contributed by atoms with Crippen molar-refractivity contribution in [1.29, 1.82) is 0 Å². The van der Waals surface area contributed by atoms with Gasteiger partial charge in [-0.2, -0.15) is 0 Å². The SMILES string of the molecule is C=N/C=C(\NCC1CC(F)(F)CN1C(=O)CNC)c1ccc(-c2ccc(-c3cnc([C@@H]4CC(F)(F)CN4C(=O)C(NC(=O)OC)C(C)C)[nH]3)c3c2C2CCC3C2)cc1.CCC.COC=O. The molecule has 18 heteroatoms. The first-order chi connectivity index (χ1) is 31.0. The molecule has 3 amide bonds.